The van der Waals surface area contributed by atoms with Gasteiger partial charge in [-0.1, -0.05) is 29.8 Å². The molecule has 1 atom stereocenters. The van der Waals surface area contributed by atoms with E-state index in [1.54, 1.807) is 11.8 Å². The van der Waals surface area contributed by atoms with E-state index in [1.165, 1.54) is 11.0 Å². The van der Waals surface area contributed by atoms with E-state index in [-0.39, 0.29) is 18.3 Å². The number of amides is 1. The lowest BCUT2D eigenvalue weighted by atomic mass is 10.1. The molecule has 2 aromatic rings. The molecule has 1 amide bonds. The van der Waals surface area contributed by atoms with Crippen LogP contribution in [0.5, 0.6) is 0 Å². The first-order chi connectivity index (χ1) is 12.5. The van der Waals surface area contributed by atoms with Crippen LogP contribution in [0.25, 0.3) is 5.70 Å². The fourth-order valence-electron chi connectivity index (χ4n) is 2.21. The maximum atomic E-state index is 12.2. The molecule has 0 bridgehead atoms. The maximum absolute atomic E-state index is 12.2. The number of anilines is 1. The number of nitrogens with one attached hydrogen (secondary N) is 2. The summed E-state index contributed by atoms with van der Waals surface area (Å²) in [6.45, 7) is 2.13. The summed E-state index contributed by atoms with van der Waals surface area (Å²) in [6, 6.07) is 15.9. The van der Waals surface area contributed by atoms with Gasteiger partial charge in [0, 0.05) is 23.2 Å². The van der Waals surface area contributed by atoms with E-state index < -0.39 is 6.10 Å². The smallest absolute Gasteiger partial charge is 0.246 e. The van der Waals surface area contributed by atoms with Gasteiger partial charge in [0.1, 0.15) is 0 Å². The third-order valence-corrected chi connectivity index (χ3v) is 4.80. The Hall–Kier alpha value is -1.95. The molecule has 0 radical (unpaired) electrons. The largest absolute Gasteiger partial charge is 0.390 e. The van der Waals surface area contributed by atoms with Crippen molar-refractivity contribution in [1.82, 2.24) is 5.32 Å². The van der Waals surface area contributed by atoms with Crippen molar-refractivity contribution in [2.45, 2.75) is 17.9 Å². The number of rotatable bonds is 8. The lowest BCUT2D eigenvalue weighted by molar-refractivity contribution is -0.116. The van der Waals surface area contributed by atoms with Gasteiger partial charge in [0.15, 0.2) is 0 Å². The van der Waals surface area contributed by atoms with E-state index in [4.69, 9.17) is 11.6 Å². The van der Waals surface area contributed by atoms with Gasteiger partial charge < -0.3 is 15.7 Å². The molecule has 6 heteroatoms. The molecule has 2 aromatic carbocycles. The van der Waals surface area contributed by atoms with Crippen LogP contribution in [0.3, 0.4) is 0 Å². The molecule has 0 saturated carbocycles. The van der Waals surface area contributed by atoms with Crippen LogP contribution in [0.2, 0.25) is 0 Å². The molecular weight excluding hydrogens is 368 g/mol. The minimum Gasteiger partial charge on any atom is -0.390 e. The Bertz CT molecular complexity index is 745. The van der Waals surface area contributed by atoms with Crippen LogP contribution >= 0.6 is 23.4 Å². The van der Waals surface area contributed by atoms with Gasteiger partial charge in [-0.2, -0.15) is 0 Å². The van der Waals surface area contributed by atoms with Crippen molar-refractivity contribution < 1.29 is 9.90 Å². The Labute approximate surface area is 163 Å². The molecule has 138 valence electrons. The second-order valence-corrected chi connectivity index (χ2v) is 7.02. The number of aliphatic hydroxyl groups is 1. The first-order valence-corrected chi connectivity index (χ1v) is 9.99. The van der Waals surface area contributed by atoms with Crippen molar-refractivity contribution in [2.75, 3.05) is 24.0 Å². The molecule has 3 N–H and O–H groups in total. The molecular formula is C20H23ClN2O2S. The highest BCUT2D eigenvalue weighted by molar-refractivity contribution is 7.98. The monoisotopic (exact) mass is 390 g/mol. The van der Waals surface area contributed by atoms with E-state index >= 15 is 0 Å². The van der Waals surface area contributed by atoms with Crippen LogP contribution in [-0.2, 0) is 4.79 Å². The molecule has 0 heterocycles. The lowest BCUT2D eigenvalue weighted by Gasteiger charge is -2.13. The predicted molar refractivity (Wildman–Crippen MR) is 111 cm³/mol. The standard InChI is InChI=1S/C20H23ClN2O2S/c1-14-3-5-15(6-4-14)19(11-20(25)22-13-17(24)12-21)23-16-7-9-18(26-2)10-8-16/h3-11,17,23-24H,12-13H2,1-2H3,(H,22,25)/b19-11-. The van der Waals surface area contributed by atoms with Gasteiger partial charge in [-0.3, -0.25) is 4.79 Å². The van der Waals surface area contributed by atoms with E-state index in [1.807, 2.05) is 61.7 Å². The minimum atomic E-state index is -0.760. The van der Waals surface area contributed by atoms with Crippen molar-refractivity contribution in [3.63, 3.8) is 0 Å². The first kappa shape index (κ1) is 20.4. The van der Waals surface area contributed by atoms with Crippen molar-refractivity contribution in [3.8, 4) is 0 Å². The van der Waals surface area contributed by atoms with E-state index in [0.29, 0.717) is 5.70 Å². The van der Waals surface area contributed by atoms with Crippen LogP contribution in [0.4, 0.5) is 5.69 Å². The fourth-order valence-corrected chi connectivity index (χ4v) is 2.73. The number of hydrogen-bond acceptors (Lipinski definition) is 4. The van der Waals surface area contributed by atoms with Gasteiger partial charge in [-0.15, -0.1) is 23.4 Å². The van der Waals surface area contributed by atoms with Crippen molar-refractivity contribution in [3.05, 3.63) is 65.7 Å². The molecule has 0 aliphatic rings. The fraction of sp³-hybridized carbons (Fsp3) is 0.250. The highest BCUT2D eigenvalue weighted by atomic mass is 35.5. The van der Waals surface area contributed by atoms with Gasteiger partial charge in [-0.05, 0) is 43.0 Å². The zero-order chi connectivity index (χ0) is 18.9. The molecule has 0 spiro atoms. The van der Waals surface area contributed by atoms with Crippen molar-refractivity contribution in [1.29, 1.82) is 0 Å². The van der Waals surface area contributed by atoms with E-state index in [2.05, 4.69) is 10.6 Å². The van der Waals surface area contributed by atoms with E-state index in [0.717, 1.165) is 16.8 Å². The molecule has 0 aliphatic heterocycles. The highest BCUT2D eigenvalue weighted by Gasteiger charge is 2.08. The minimum absolute atomic E-state index is 0.0782. The quantitative estimate of drug-likeness (QED) is 0.363. The lowest BCUT2D eigenvalue weighted by Crippen LogP contribution is -2.32. The molecule has 0 fully saturated rings. The van der Waals surface area contributed by atoms with E-state index in [9.17, 15) is 9.90 Å². The summed E-state index contributed by atoms with van der Waals surface area (Å²) in [7, 11) is 0. The first-order valence-electron chi connectivity index (χ1n) is 8.23. The molecule has 1 unspecified atom stereocenters. The third kappa shape index (κ3) is 6.41. The second-order valence-electron chi connectivity index (χ2n) is 5.83. The summed E-state index contributed by atoms with van der Waals surface area (Å²) in [5.74, 6) is -0.215. The number of carbonyl (C=O) groups excluding carboxylic acids is 1. The Morgan fingerprint density at radius 1 is 1.19 bits per heavy atom. The summed E-state index contributed by atoms with van der Waals surface area (Å²) in [4.78, 5) is 13.4. The Balaban J connectivity index is 2.21. The van der Waals surface area contributed by atoms with Crippen LogP contribution in [0.1, 0.15) is 11.1 Å². The number of benzene rings is 2. The summed E-state index contributed by atoms with van der Waals surface area (Å²) in [5, 5.41) is 15.4. The number of aryl methyl sites for hydroxylation is 1. The van der Waals surface area contributed by atoms with Crippen LogP contribution in [0.15, 0.2) is 59.5 Å². The van der Waals surface area contributed by atoms with Crippen LogP contribution < -0.4 is 10.6 Å². The van der Waals surface area contributed by atoms with Crippen LogP contribution in [0, 0.1) is 6.92 Å². The summed E-state index contributed by atoms with van der Waals surface area (Å²) >= 11 is 7.23. The average molecular weight is 391 g/mol. The molecule has 26 heavy (non-hydrogen) atoms. The highest BCUT2D eigenvalue weighted by Crippen LogP contribution is 2.22. The number of aliphatic hydroxyl groups excluding tert-OH is 1. The zero-order valence-corrected chi connectivity index (χ0v) is 16.4. The number of halogens is 1. The summed E-state index contributed by atoms with van der Waals surface area (Å²) in [6.07, 6.45) is 2.76. The predicted octanol–water partition coefficient (Wildman–Crippen LogP) is 3.89. The number of thioether (sulfide) groups is 1. The number of alkyl halides is 1. The van der Waals surface area contributed by atoms with Crippen molar-refractivity contribution >= 4 is 40.7 Å². The van der Waals surface area contributed by atoms with Crippen molar-refractivity contribution in [2.24, 2.45) is 0 Å². The Morgan fingerprint density at radius 2 is 1.85 bits per heavy atom. The third-order valence-electron chi connectivity index (χ3n) is 3.70. The maximum Gasteiger partial charge on any atom is 0.246 e. The normalized spacial score (nSPS) is 12.5. The number of hydrogen-bond donors (Lipinski definition) is 3. The van der Waals surface area contributed by atoms with Gasteiger partial charge in [-0.25, -0.2) is 0 Å². The topological polar surface area (TPSA) is 61.4 Å². The Kier molecular flexibility index (Phi) is 8.04. The average Bonchev–Trinajstić information content (AvgIpc) is 2.66. The SMILES string of the molecule is CSc1ccc(N/C(=C\C(=O)NCC(O)CCl)c2ccc(C)cc2)cc1. The van der Waals surface area contributed by atoms with Gasteiger partial charge in [0.05, 0.1) is 17.7 Å². The molecule has 2 rings (SSSR count). The van der Waals surface area contributed by atoms with Gasteiger partial charge in [0.25, 0.3) is 0 Å². The summed E-state index contributed by atoms with van der Waals surface area (Å²) in [5.41, 5.74) is 3.62. The second kappa shape index (κ2) is 10.3. The molecule has 0 aromatic heterocycles. The molecule has 0 saturated heterocycles. The van der Waals surface area contributed by atoms with Crippen LogP contribution in [-0.4, -0.2) is 35.8 Å². The van der Waals surface area contributed by atoms with Gasteiger partial charge >= 0.3 is 0 Å². The molecule has 0 aliphatic carbocycles. The molecule has 4 nitrogen and oxygen atoms in total. The summed E-state index contributed by atoms with van der Waals surface area (Å²) < 4.78 is 0. The number of carbonyl (C=O) groups is 1. The van der Waals surface area contributed by atoms with Gasteiger partial charge in [0.2, 0.25) is 5.91 Å². The Morgan fingerprint density at radius 3 is 2.42 bits per heavy atom. The zero-order valence-electron chi connectivity index (χ0n) is 14.8.